The Morgan fingerprint density at radius 1 is 1.00 bits per heavy atom. The van der Waals surface area contributed by atoms with Crippen LogP contribution in [0.25, 0.3) is 11.1 Å². The number of piperazine rings is 1. The molecular weight excluding hydrogens is 507 g/mol. The van der Waals surface area contributed by atoms with Crippen LogP contribution < -0.4 is 4.90 Å². The fraction of sp³-hybridized carbons (Fsp3) is 0.296. The van der Waals surface area contributed by atoms with Gasteiger partial charge in [0.05, 0.1) is 11.9 Å². The summed E-state index contributed by atoms with van der Waals surface area (Å²) in [6.45, 7) is 5.75. The summed E-state index contributed by atoms with van der Waals surface area (Å²) in [6, 6.07) is 3.34. The van der Waals surface area contributed by atoms with Crippen LogP contribution in [0.5, 0.6) is 0 Å². The second-order valence-electron chi connectivity index (χ2n) is 9.90. The highest BCUT2D eigenvalue weighted by Crippen LogP contribution is 2.35. The summed E-state index contributed by atoms with van der Waals surface area (Å²) in [6.07, 6.45) is 9.75. The lowest BCUT2D eigenvalue weighted by Crippen LogP contribution is -2.49. The number of H-pyrrole nitrogens is 1. The van der Waals surface area contributed by atoms with E-state index in [1.807, 2.05) is 30.4 Å². The van der Waals surface area contributed by atoms with Gasteiger partial charge in [0.2, 0.25) is 5.95 Å². The normalized spacial score (nSPS) is 14.7. The van der Waals surface area contributed by atoms with E-state index in [4.69, 9.17) is 5.41 Å². The third-order valence-corrected chi connectivity index (χ3v) is 7.00. The van der Waals surface area contributed by atoms with Gasteiger partial charge in [0.15, 0.2) is 5.84 Å². The molecule has 1 aliphatic heterocycles. The topological polar surface area (TPSA) is 102 Å². The van der Waals surface area contributed by atoms with Gasteiger partial charge in [0, 0.05) is 92.3 Å². The van der Waals surface area contributed by atoms with E-state index >= 15 is 0 Å². The van der Waals surface area contributed by atoms with Gasteiger partial charge in [0.25, 0.3) is 0 Å². The number of nitrogens with zero attached hydrogens (tertiary/aromatic N) is 7. The largest absolute Gasteiger partial charge is 0.358 e. The Bertz CT molecular complexity index is 1490. The minimum absolute atomic E-state index is 0.233. The van der Waals surface area contributed by atoms with Crippen LogP contribution in [0, 0.1) is 22.9 Å². The maximum atomic E-state index is 14.5. The quantitative estimate of drug-likeness (QED) is 0.286. The summed E-state index contributed by atoms with van der Waals surface area (Å²) < 4.78 is 44.1. The van der Waals surface area contributed by atoms with Crippen molar-refractivity contribution >= 4 is 18.1 Å². The number of hydrogen-bond donors (Lipinski definition) is 2. The van der Waals surface area contributed by atoms with Gasteiger partial charge in [-0.25, -0.2) is 28.1 Å². The second kappa shape index (κ2) is 10.4. The number of anilines is 1. The molecule has 4 aromatic rings. The number of aryl methyl sites for hydroxylation is 1. The summed E-state index contributed by atoms with van der Waals surface area (Å²) in [5.74, 6) is -1.70. The van der Waals surface area contributed by atoms with E-state index in [2.05, 4.69) is 29.9 Å². The van der Waals surface area contributed by atoms with Crippen molar-refractivity contribution < 1.29 is 13.2 Å². The van der Waals surface area contributed by atoms with Gasteiger partial charge in [-0.1, -0.05) is 13.8 Å². The standard InChI is InChI=1S/C27H28F3N9/c1-27(2,24-21(29)9-20(28)10-22(24)30)19-13-33-26(34-14-19)39-6-4-38(5-7-39)25(35-16-31)23-8-17(11-32-23)18-12-36-37(3)15-18/h8-16,31-32H,4-7H2,1-3H3. The number of amidine groups is 1. The predicted octanol–water partition coefficient (Wildman–Crippen LogP) is 4.12. The molecule has 0 unspecified atom stereocenters. The smallest absolute Gasteiger partial charge is 0.225 e. The lowest BCUT2D eigenvalue weighted by Gasteiger charge is -2.36. The molecule has 1 aliphatic rings. The van der Waals surface area contributed by atoms with Gasteiger partial charge >= 0.3 is 0 Å². The van der Waals surface area contributed by atoms with Crippen LogP contribution in [0.3, 0.4) is 0 Å². The maximum Gasteiger partial charge on any atom is 0.225 e. The number of aliphatic imine (C=N–C) groups is 1. The lowest BCUT2D eigenvalue weighted by atomic mass is 9.79. The van der Waals surface area contributed by atoms with Gasteiger partial charge < -0.3 is 14.8 Å². The highest BCUT2D eigenvalue weighted by atomic mass is 19.1. The van der Waals surface area contributed by atoms with Crippen LogP contribution in [0.15, 0.2) is 54.2 Å². The SMILES string of the molecule is Cn1cc(-c2c[nH]c(C(=NC=N)N3CCN(c4ncc(C(C)(C)c5c(F)cc(F)cc5F)cn4)CC3)c2)cn1. The van der Waals surface area contributed by atoms with Crippen molar-refractivity contribution in [3.8, 4) is 11.1 Å². The molecule has 1 aromatic carbocycles. The average molecular weight is 536 g/mol. The molecule has 0 amide bonds. The molecule has 202 valence electrons. The lowest BCUT2D eigenvalue weighted by molar-refractivity contribution is 0.383. The van der Waals surface area contributed by atoms with E-state index in [1.165, 1.54) is 0 Å². The Hall–Kier alpha value is -4.48. The van der Waals surface area contributed by atoms with Crippen LogP contribution in [0.2, 0.25) is 0 Å². The summed E-state index contributed by atoms with van der Waals surface area (Å²) in [4.78, 5) is 20.6. The van der Waals surface area contributed by atoms with E-state index in [-0.39, 0.29) is 5.56 Å². The first-order chi connectivity index (χ1) is 18.7. The molecule has 39 heavy (non-hydrogen) atoms. The molecule has 12 heteroatoms. The van der Waals surface area contributed by atoms with E-state index in [1.54, 1.807) is 37.1 Å². The first-order valence-corrected chi connectivity index (χ1v) is 12.4. The van der Waals surface area contributed by atoms with E-state index in [0.717, 1.165) is 23.2 Å². The molecular formula is C27H28F3N9. The van der Waals surface area contributed by atoms with Crippen LogP contribution in [0.4, 0.5) is 19.1 Å². The third-order valence-electron chi connectivity index (χ3n) is 7.00. The molecule has 5 rings (SSSR count). The van der Waals surface area contributed by atoms with E-state index < -0.39 is 22.9 Å². The van der Waals surface area contributed by atoms with Crippen LogP contribution in [0.1, 0.15) is 30.7 Å². The fourth-order valence-corrected chi connectivity index (χ4v) is 4.85. The van der Waals surface area contributed by atoms with Gasteiger partial charge in [0.1, 0.15) is 23.8 Å². The summed E-state index contributed by atoms with van der Waals surface area (Å²) in [7, 11) is 1.86. The van der Waals surface area contributed by atoms with Crippen molar-refractivity contribution in [2.75, 3.05) is 31.1 Å². The first-order valence-electron chi connectivity index (χ1n) is 12.4. The highest BCUT2D eigenvalue weighted by Gasteiger charge is 2.32. The van der Waals surface area contributed by atoms with Crippen molar-refractivity contribution in [3.05, 3.63) is 83.5 Å². The van der Waals surface area contributed by atoms with Gasteiger partial charge in [-0.15, -0.1) is 0 Å². The van der Waals surface area contributed by atoms with E-state index in [0.29, 0.717) is 55.7 Å². The zero-order chi connectivity index (χ0) is 27.7. The Labute approximate surface area is 223 Å². The zero-order valence-corrected chi connectivity index (χ0v) is 21.8. The molecule has 0 radical (unpaired) electrons. The van der Waals surface area contributed by atoms with Gasteiger partial charge in [-0.05, 0) is 11.6 Å². The van der Waals surface area contributed by atoms with E-state index in [9.17, 15) is 13.2 Å². The number of nitrogens with one attached hydrogen (secondary N) is 2. The van der Waals surface area contributed by atoms with Crippen molar-refractivity contribution in [2.45, 2.75) is 19.3 Å². The Balaban J connectivity index is 1.28. The zero-order valence-electron chi connectivity index (χ0n) is 21.8. The summed E-state index contributed by atoms with van der Waals surface area (Å²) in [5, 5.41) is 11.8. The third kappa shape index (κ3) is 5.14. The molecule has 2 N–H and O–H groups in total. The highest BCUT2D eigenvalue weighted by molar-refractivity contribution is 6.01. The summed E-state index contributed by atoms with van der Waals surface area (Å²) >= 11 is 0. The monoisotopic (exact) mass is 535 g/mol. The van der Waals surface area contributed by atoms with Crippen LogP contribution in [-0.4, -0.2) is 68.0 Å². The average Bonchev–Trinajstić information content (AvgIpc) is 3.56. The van der Waals surface area contributed by atoms with Crippen molar-refractivity contribution in [1.29, 1.82) is 5.41 Å². The Kier molecular flexibility index (Phi) is 6.94. The van der Waals surface area contributed by atoms with Crippen LogP contribution >= 0.6 is 0 Å². The van der Waals surface area contributed by atoms with Gasteiger partial charge in [-0.3, -0.25) is 10.1 Å². The number of aromatic nitrogens is 5. The van der Waals surface area contributed by atoms with Gasteiger partial charge in [-0.2, -0.15) is 5.10 Å². The number of benzene rings is 1. The minimum atomic E-state index is -1.11. The summed E-state index contributed by atoms with van der Waals surface area (Å²) in [5.41, 5.74) is 1.92. The molecule has 3 aromatic heterocycles. The molecule has 0 saturated carbocycles. The fourth-order valence-electron chi connectivity index (χ4n) is 4.85. The minimum Gasteiger partial charge on any atom is -0.358 e. The molecule has 0 aliphatic carbocycles. The number of hydrogen-bond acceptors (Lipinski definition) is 5. The Morgan fingerprint density at radius 3 is 2.26 bits per heavy atom. The molecule has 9 nitrogen and oxygen atoms in total. The van der Waals surface area contributed by atoms with Crippen molar-refractivity contribution in [2.24, 2.45) is 12.0 Å². The molecule has 0 spiro atoms. The molecule has 4 heterocycles. The number of rotatable bonds is 6. The number of aromatic amines is 1. The Morgan fingerprint density at radius 2 is 1.67 bits per heavy atom. The van der Waals surface area contributed by atoms with Crippen molar-refractivity contribution in [1.82, 2.24) is 29.6 Å². The molecule has 1 fully saturated rings. The number of halogens is 3. The maximum absolute atomic E-state index is 14.5. The molecule has 0 atom stereocenters. The first kappa shape index (κ1) is 26.1. The molecule has 1 saturated heterocycles. The molecule has 0 bridgehead atoms. The second-order valence-corrected chi connectivity index (χ2v) is 9.90. The predicted molar refractivity (Wildman–Crippen MR) is 143 cm³/mol. The van der Waals surface area contributed by atoms with Crippen molar-refractivity contribution in [3.63, 3.8) is 0 Å². The van der Waals surface area contributed by atoms with Crippen LogP contribution in [-0.2, 0) is 12.5 Å².